The van der Waals surface area contributed by atoms with Crippen molar-refractivity contribution in [2.45, 2.75) is 52.4 Å². The molecule has 0 saturated heterocycles. The Balaban J connectivity index is 1.76. The van der Waals surface area contributed by atoms with Crippen molar-refractivity contribution in [2.75, 3.05) is 26.4 Å². The van der Waals surface area contributed by atoms with Crippen LogP contribution in [0.25, 0.3) is 12.2 Å². The molecular weight excluding hydrogens is 448 g/mol. The number of rotatable bonds is 16. The molecule has 2 aromatic carbocycles. The number of hydrogen-bond acceptors (Lipinski definition) is 7. The molecule has 0 amide bonds. The average Bonchev–Trinajstić information content (AvgIpc) is 2.83. The Hall–Kier alpha value is -3.48. The fourth-order valence-corrected chi connectivity index (χ4v) is 3.24. The molecule has 2 rings (SSSR count). The Bertz CT molecular complexity index is 935. The van der Waals surface area contributed by atoms with Crippen molar-refractivity contribution in [1.29, 1.82) is 0 Å². The highest BCUT2D eigenvalue weighted by Crippen LogP contribution is 2.24. The first kappa shape index (κ1) is 27.8. The maximum absolute atomic E-state index is 11.4. The number of benzene rings is 2. The van der Waals surface area contributed by atoms with Gasteiger partial charge in [0.2, 0.25) is 0 Å². The van der Waals surface area contributed by atoms with Gasteiger partial charge in [0.15, 0.2) is 0 Å². The predicted molar refractivity (Wildman–Crippen MR) is 135 cm³/mol. The number of unbranched alkanes of at least 4 members (excludes halogenated alkanes) is 2. The van der Waals surface area contributed by atoms with Crippen molar-refractivity contribution in [3.63, 3.8) is 0 Å². The highest BCUT2D eigenvalue weighted by atomic mass is 16.5. The third-order valence-corrected chi connectivity index (χ3v) is 4.96. The van der Waals surface area contributed by atoms with Crippen LogP contribution in [-0.4, -0.2) is 43.5 Å². The number of carbonyl (C=O) groups excluding carboxylic acids is 2. The zero-order chi connectivity index (χ0) is 25.3. The summed E-state index contributed by atoms with van der Waals surface area (Å²) in [6.45, 7) is 5.40. The Morgan fingerprint density at radius 1 is 0.714 bits per heavy atom. The zero-order valence-electron chi connectivity index (χ0n) is 20.7. The van der Waals surface area contributed by atoms with E-state index in [-0.39, 0.29) is 17.7 Å². The van der Waals surface area contributed by atoms with Gasteiger partial charge >= 0.3 is 11.9 Å². The molecule has 0 radical (unpaired) electrons. The lowest BCUT2D eigenvalue weighted by atomic mass is 10.1. The van der Waals surface area contributed by atoms with Crippen molar-refractivity contribution in [2.24, 2.45) is 0 Å². The highest BCUT2D eigenvalue weighted by Gasteiger charge is 2.04. The van der Waals surface area contributed by atoms with Crippen LogP contribution in [0.1, 0.15) is 63.5 Å². The van der Waals surface area contributed by atoms with E-state index in [9.17, 15) is 14.7 Å². The van der Waals surface area contributed by atoms with Crippen LogP contribution in [0, 0.1) is 0 Å². The van der Waals surface area contributed by atoms with Gasteiger partial charge in [-0.15, -0.1) is 0 Å². The summed E-state index contributed by atoms with van der Waals surface area (Å²) < 4.78 is 21.3. The van der Waals surface area contributed by atoms with E-state index in [1.165, 1.54) is 0 Å². The van der Waals surface area contributed by atoms with Crippen LogP contribution >= 0.6 is 0 Å². The SMILES string of the molecule is CCOC(=O)CCCCOc1ccc(/C=C/c2cc(O)cc(OCCCCC(=O)OCC)c2)cc1. The predicted octanol–water partition coefficient (Wildman–Crippen LogP) is 5.79. The van der Waals surface area contributed by atoms with E-state index < -0.39 is 0 Å². The lowest BCUT2D eigenvalue weighted by molar-refractivity contribution is -0.144. The summed E-state index contributed by atoms with van der Waals surface area (Å²) in [5, 5.41) is 10.0. The Morgan fingerprint density at radius 3 is 1.83 bits per heavy atom. The molecule has 7 heteroatoms. The van der Waals surface area contributed by atoms with Crippen molar-refractivity contribution in [1.82, 2.24) is 0 Å². The topological polar surface area (TPSA) is 91.3 Å². The Labute approximate surface area is 207 Å². The number of ether oxygens (including phenoxy) is 4. The summed E-state index contributed by atoms with van der Waals surface area (Å²) in [4.78, 5) is 22.7. The monoisotopic (exact) mass is 484 g/mol. The van der Waals surface area contributed by atoms with Gasteiger partial charge in [-0.3, -0.25) is 9.59 Å². The van der Waals surface area contributed by atoms with Crippen LogP contribution in [0.3, 0.4) is 0 Å². The number of phenolic OH excluding ortho intramolecular Hbond substituents is 1. The first-order chi connectivity index (χ1) is 17.0. The van der Waals surface area contributed by atoms with Gasteiger partial charge in [-0.05, 0) is 74.9 Å². The minimum absolute atomic E-state index is 0.125. The summed E-state index contributed by atoms with van der Waals surface area (Å²) in [6, 6.07) is 12.8. The Morgan fingerprint density at radius 2 is 1.26 bits per heavy atom. The second-order valence-corrected chi connectivity index (χ2v) is 7.88. The smallest absolute Gasteiger partial charge is 0.305 e. The van der Waals surface area contributed by atoms with Gasteiger partial charge < -0.3 is 24.1 Å². The number of carbonyl (C=O) groups is 2. The summed E-state index contributed by atoms with van der Waals surface area (Å²) in [7, 11) is 0. The molecule has 35 heavy (non-hydrogen) atoms. The summed E-state index contributed by atoms with van der Waals surface area (Å²) >= 11 is 0. The van der Waals surface area contributed by atoms with Gasteiger partial charge in [-0.2, -0.15) is 0 Å². The fraction of sp³-hybridized carbons (Fsp3) is 0.429. The molecule has 0 aliphatic heterocycles. The van der Waals surface area contributed by atoms with E-state index in [0.717, 1.165) is 36.1 Å². The molecule has 0 unspecified atom stereocenters. The highest BCUT2D eigenvalue weighted by molar-refractivity contribution is 5.71. The molecule has 1 N–H and O–H groups in total. The van der Waals surface area contributed by atoms with Gasteiger partial charge in [0, 0.05) is 18.9 Å². The van der Waals surface area contributed by atoms with Gasteiger partial charge in [0.05, 0.1) is 26.4 Å². The van der Waals surface area contributed by atoms with Crippen molar-refractivity contribution in [3.05, 3.63) is 53.6 Å². The van der Waals surface area contributed by atoms with E-state index in [0.29, 0.717) is 51.4 Å². The molecule has 0 fully saturated rings. The first-order valence-corrected chi connectivity index (χ1v) is 12.2. The minimum Gasteiger partial charge on any atom is -0.508 e. The molecule has 0 heterocycles. The Kier molecular flexibility index (Phi) is 12.8. The molecule has 0 aliphatic carbocycles. The second kappa shape index (κ2) is 16.2. The molecule has 0 spiro atoms. The van der Waals surface area contributed by atoms with Gasteiger partial charge in [-0.1, -0.05) is 24.3 Å². The third kappa shape index (κ3) is 12.0. The van der Waals surface area contributed by atoms with Gasteiger partial charge in [-0.25, -0.2) is 0 Å². The molecule has 0 saturated carbocycles. The van der Waals surface area contributed by atoms with Crippen LogP contribution in [0.4, 0.5) is 0 Å². The fourth-order valence-electron chi connectivity index (χ4n) is 3.24. The van der Waals surface area contributed by atoms with Crippen molar-refractivity contribution >= 4 is 24.1 Å². The summed E-state index contributed by atoms with van der Waals surface area (Å²) in [5.41, 5.74) is 1.80. The quantitative estimate of drug-likeness (QED) is 0.183. The van der Waals surface area contributed by atoms with Gasteiger partial charge in [0.25, 0.3) is 0 Å². The number of phenols is 1. The normalized spacial score (nSPS) is 10.8. The summed E-state index contributed by atoms with van der Waals surface area (Å²) in [6.07, 6.45) is 7.58. The molecular formula is C28H36O7. The molecule has 0 bridgehead atoms. The second-order valence-electron chi connectivity index (χ2n) is 7.88. The standard InChI is InChI=1S/C28H36O7/c1-3-32-27(30)9-5-7-17-34-25-15-13-22(14-16-25)11-12-23-19-24(29)21-26(20-23)35-18-8-6-10-28(31)33-4-2/h11-16,19-21,29H,3-10,17-18H2,1-2H3/b12-11+. The average molecular weight is 485 g/mol. The minimum atomic E-state index is -0.192. The third-order valence-electron chi connectivity index (χ3n) is 4.96. The van der Waals surface area contributed by atoms with Crippen LogP contribution in [0.2, 0.25) is 0 Å². The number of hydrogen-bond donors (Lipinski definition) is 1. The van der Waals surface area contributed by atoms with Crippen molar-refractivity contribution in [3.8, 4) is 17.2 Å². The van der Waals surface area contributed by atoms with Crippen molar-refractivity contribution < 1.29 is 33.6 Å². The molecule has 0 aliphatic rings. The molecule has 7 nitrogen and oxygen atoms in total. The first-order valence-electron chi connectivity index (χ1n) is 12.2. The van der Waals surface area contributed by atoms with Crippen LogP contribution in [-0.2, 0) is 19.1 Å². The van der Waals surface area contributed by atoms with E-state index in [4.69, 9.17) is 18.9 Å². The van der Waals surface area contributed by atoms with Crippen LogP contribution < -0.4 is 9.47 Å². The molecule has 0 atom stereocenters. The largest absolute Gasteiger partial charge is 0.508 e. The van der Waals surface area contributed by atoms with E-state index in [1.54, 1.807) is 26.0 Å². The number of aromatic hydroxyl groups is 1. The molecule has 2 aromatic rings. The van der Waals surface area contributed by atoms with E-state index in [1.807, 2.05) is 42.5 Å². The molecule has 190 valence electrons. The van der Waals surface area contributed by atoms with E-state index >= 15 is 0 Å². The summed E-state index contributed by atoms with van der Waals surface area (Å²) in [5.74, 6) is 1.12. The lowest BCUT2D eigenvalue weighted by Crippen LogP contribution is -2.05. The maximum Gasteiger partial charge on any atom is 0.305 e. The van der Waals surface area contributed by atoms with Crippen LogP contribution in [0.5, 0.6) is 17.2 Å². The lowest BCUT2D eigenvalue weighted by Gasteiger charge is -2.08. The number of esters is 2. The van der Waals surface area contributed by atoms with E-state index in [2.05, 4.69) is 0 Å². The maximum atomic E-state index is 11.4. The van der Waals surface area contributed by atoms with Crippen LogP contribution in [0.15, 0.2) is 42.5 Å². The molecule has 0 aromatic heterocycles. The van der Waals surface area contributed by atoms with Gasteiger partial charge in [0.1, 0.15) is 17.2 Å². The zero-order valence-corrected chi connectivity index (χ0v) is 20.7.